The maximum absolute atomic E-state index is 12.5. The minimum atomic E-state index is -3.07. The molecule has 140 valence electrons. The Morgan fingerprint density at radius 3 is 2.67 bits per heavy atom. The predicted octanol–water partition coefficient (Wildman–Crippen LogP) is 3.29. The van der Waals surface area contributed by atoms with Gasteiger partial charge in [0, 0.05) is 15.4 Å². The Kier molecular flexibility index (Phi) is 5.13. The van der Waals surface area contributed by atoms with Gasteiger partial charge in [-0.05, 0) is 23.8 Å². The van der Waals surface area contributed by atoms with Crippen molar-refractivity contribution in [3.8, 4) is 0 Å². The van der Waals surface area contributed by atoms with Crippen molar-refractivity contribution < 1.29 is 13.2 Å². The highest BCUT2D eigenvalue weighted by molar-refractivity contribution is 9.10. The second kappa shape index (κ2) is 7.41. The quantitative estimate of drug-likeness (QED) is 0.696. The van der Waals surface area contributed by atoms with Gasteiger partial charge in [0.1, 0.15) is 0 Å². The standard InChI is InChI=1S/C19H17BrN2O3S2/c20-14-7-4-8-15(10-14)22-16-11-27(24,25)12-17(16)26-19(22)21-18(23)9-13-5-2-1-3-6-13/h1-8,10,16-17H,9,11-12H2/t16-,17-/m0/s1. The Morgan fingerprint density at radius 2 is 1.93 bits per heavy atom. The third-order valence-electron chi connectivity index (χ3n) is 4.57. The number of hydrogen-bond donors (Lipinski definition) is 0. The molecule has 2 saturated heterocycles. The average molecular weight is 465 g/mol. The smallest absolute Gasteiger partial charge is 0.252 e. The summed E-state index contributed by atoms with van der Waals surface area (Å²) in [6.45, 7) is 0. The topological polar surface area (TPSA) is 66.8 Å². The lowest BCUT2D eigenvalue weighted by Gasteiger charge is -2.24. The molecule has 27 heavy (non-hydrogen) atoms. The van der Waals surface area contributed by atoms with Crippen molar-refractivity contribution in [2.75, 3.05) is 16.4 Å². The van der Waals surface area contributed by atoms with Crippen LogP contribution in [0.3, 0.4) is 0 Å². The van der Waals surface area contributed by atoms with Gasteiger partial charge in [-0.3, -0.25) is 4.79 Å². The van der Waals surface area contributed by atoms with Gasteiger partial charge in [-0.25, -0.2) is 8.42 Å². The van der Waals surface area contributed by atoms with Crippen molar-refractivity contribution in [2.45, 2.75) is 17.7 Å². The van der Waals surface area contributed by atoms with Crippen LogP contribution in [-0.4, -0.2) is 42.3 Å². The fraction of sp³-hybridized carbons (Fsp3) is 0.263. The van der Waals surface area contributed by atoms with Crippen LogP contribution < -0.4 is 4.90 Å². The monoisotopic (exact) mass is 464 g/mol. The molecule has 0 bridgehead atoms. The summed E-state index contributed by atoms with van der Waals surface area (Å²) < 4.78 is 25.1. The molecule has 4 rings (SSSR count). The van der Waals surface area contributed by atoms with Gasteiger partial charge < -0.3 is 4.90 Å². The van der Waals surface area contributed by atoms with Gasteiger partial charge in [0.15, 0.2) is 15.0 Å². The fourth-order valence-corrected chi connectivity index (χ4v) is 7.73. The number of benzene rings is 2. The molecule has 2 aromatic rings. The van der Waals surface area contributed by atoms with E-state index in [9.17, 15) is 13.2 Å². The number of amides is 1. The summed E-state index contributed by atoms with van der Waals surface area (Å²) in [5, 5.41) is 0.483. The van der Waals surface area contributed by atoms with Gasteiger partial charge in [-0.15, -0.1) is 0 Å². The molecular formula is C19H17BrN2O3S2. The third kappa shape index (κ3) is 4.12. The van der Waals surface area contributed by atoms with Crippen LogP contribution in [0, 0.1) is 0 Å². The number of hydrogen-bond acceptors (Lipinski definition) is 4. The van der Waals surface area contributed by atoms with Crippen LogP contribution in [0.25, 0.3) is 0 Å². The van der Waals surface area contributed by atoms with Crippen molar-refractivity contribution in [1.29, 1.82) is 0 Å². The maximum atomic E-state index is 12.5. The fourth-order valence-electron chi connectivity index (χ4n) is 3.41. The highest BCUT2D eigenvalue weighted by Gasteiger charge is 2.49. The van der Waals surface area contributed by atoms with Gasteiger partial charge in [-0.1, -0.05) is 64.1 Å². The third-order valence-corrected chi connectivity index (χ3v) is 8.27. The molecule has 2 aromatic carbocycles. The van der Waals surface area contributed by atoms with E-state index in [0.717, 1.165) is 15.7 Å². The Morgan fingerprint density at radius 1 is 1.15 bits per heavy atom. The number of halogens is 1. The first-order valence-electron chi connectivity index (χ1n) is 8.49. The summed E-state index contributed by atoms with van der Waals surface area (Å²) in [6.07, 6.45) is 0.227. The van der Waals surface area contributed by atoms with Crippen molar-refractivity contribution in [3.05, 3.63) is 64.6 Å². The van der Waals surface area contributed by atoms with Crippen molar-refractivity contribution in [1.82, 2.24) is 0 Å². The van der Waals surface area contributed by atoms with Crippen molar-refractivity contribution >= 4 is 54.3 Å². The molecule has 0 aliphatic carbocycles. The second-order valence-corrected chi connectivity index (χ2v) is 10.9. The summed E-state index contributed by atoms with van der Waals surface area (Å²) in [7, 11) is -3.07. The molecule has 2 heterocycles. The molecule has 1 amide bonds. The molecule has 0 saturated carbocycles. The molecule has 2 fully saturated rings. The lowest BCUT2D eigenvalue weighted by atomic mass is 10.1. The molecule has 2 aliphatic rings. The molecule has 5 nitrogen and oxygen atoms in total. The Labute approximate surface area is 170 Å². The first-order chi connectivity index (χ1) is 12.9. The lowest BCUT2D eigenvalue weighted by Crippen LogP contribution is -2.37. The number of thioether (sulfide) groups is 1. The van der Waals surface area contributed by atoms with Crippen LogP contribution in [0.4, 0.5) is 5.69 Å². The minimum absolute atomic E-state index is 0.0864. The molecule has 0 N–H and O–H groups in total. The number of carbonyl (C=O) groups excluding carboxylic acids is 1. The number of amidine groups is 1. The van der Waals surface area contributed by atoms with E-state index in [2.05, 4.69) is 20.9 Å². The summed E-state index contributed by atoms with van der Waals surface area (Å²) in [6, 6.07) is 16.9. The van der Waals surface area contributed by atoms with E-state index >= 15 is 0 Å². The molecule has 0 radical (unpaired) electrons. The van der Waals surface area contributed by atoms with Crippen LogP contribution in [-0.2, 0) is 21.1 Å². The van der Waals surface area contributed by atoms with Gasteiger partial charge in [0.25, 0.3) is 5.91 Å². The Balaban J connectivity index is 1.65. The SMILES string of the molecule is O=C(Cc1ccccc1)N=C1S[C@H]2CS(=O)(=O)C[C@@H]2N1c1cccc(Br)c1. The number of sulfone groups is 1. The normalized spacial score (nSPS) is 24.9. The first kappa shape index (κ1) is 18.7. The zero-order valence-electron chi connectivity index (χ0n) is 14.3. The zero-order chi connectivity index (χ0) is 19.0. The molecule has 0 aromatic heterocycles. The van der Waals surface area contributed by atoms with Crippen LogP contribution in [0.5, 0.6) is 0 Å². The first-order valence-corrected chi connectivity index (χ1v) is 12.0. The van der Waals surface area contributed by atoms with Gasteiger partial charge in [-0.2, -0.15) is 4.99 Å². The molecular weight excluding hydrogens is 448 g/mol. The number of rotatable bonds is 3. The zero-order valence-corrected chi connectivity index (χ0v) is 17.5. The average Bonchev–Trinajstić information content (AvgIpc) is 3.06. The Hall–Kier alpha value is -1.64. The van der Waals surface area contributed by atoms with E-state index in [1.54, 1.807) is 0 Å². The summed E-state index contributed by atoms with van der Waals surface area (Å²) in [5.74, 6) is -0.0199. The lowest BCUT2D eigenvalue weighted by molar-refractivity contribution is -0.117. The summed E-state index contributed by atoms with van der Waals surface area (Å²) in [5.41, 5.74) is 1.75. The van der Waals surface area contributed by atoms with E-state index in [0.29, 0.717) is 5.17 Å². The van der Waals surface area contributed by atoms with Crippen LogP contribution in [0.2, 0.25) is 0 Å². The molecule has 2 aliphatic heterocycles. The minimum Gasteiger partial charge on any atom is -0.316 e. The highest BCUT2D eigenvalue weighted by atomic mass is 79.9. The number of anilines is 1. The predicted molar refractivity (Wildman–Crippen MR) is 113 cm³/mol. The largest absolute Gasteiger partial charge is 0.316 e. The van der Waals surface area contributed by atoms with E-state index in [-0.39, 0.29) is 35.1 Å². The molecule has 0 unspecified atom stereocenters. The van der Waals surface area contributed by atoms with Gasteiger partial charge in [0.05, 0.1) is 24.0 Å². The van der Waals surface area contributed by atoms with Gasteiger partial charge in [0.2, 0.25) is 0 Å². The summed E-state index contributed by atoms with van der Waals surface area (Å²) in [4.78, 5) is 18.8. The maximum Gasteiger partial charge on any atom is 0.252 e. The van der Waals surface area contributed by atoms with E-state index in [1.165, 1.54) is 11.8 Å². The van der Waals surface area contributed by atoms with E-state index in [4.69, 9.17) is 0 Å². The highest BCUT2D eigenvalue weighted by Crippen LogP contribution is 2.41. The van der Waals surface area contributed by atoms with Crippen LogP contribution in [0.1, 0.15) is 5.56 Å². The van der Waals surface area contributed by atoms with Crippen LogP contribution >= 0.6 is 27.7 Å². The van der Waals surface area contributed by atoms with Gasteiger partial charge >= 0.3 is 0 Å². The number of fused-ring (bicyclic) bond motifs is 1. The van der Waals surface area contributed by atoms with Crippen molar-refractivity contribution in [2.24, 2.45) is 4.99 Å². The molecule has 0 spiro atoms. The van der Waals surface area contributed by atoms with E-state index < -0.39 is 9.84 Å². The number of carbonyl (C=O) groups is 1. The number of nitrogens with zero attached hydrogens (tertiary/aromatic N) is 2. The second-order valence-electron chi connectivity index (χ2n) is 6.60. The van der Waals surface area contributed by atoms with Crippen LogP contribution in [0.15, 0.2) is 64.1 Å². The van der Waals surface area contributed by atoms with Crippen molar-refractivity contribution in [3.63, 3.8) is 0 Å². The molecule has 8 heteroatoms. The summed E-state index contributed by atoms with van der Waals surface area (Å²) >= 11 is 4.85. The molecule has 2 atom stereocenters. The number of aliphatic imine (C=N–C) groups is 1. The van der Waals surface area contributed by atoms with E-state index in [1.807, 2.05) is 59.5 Å². The Bertz CT molecular complexity index is 1010.